The molecule has 0 bridgehead atoms. The summed E-state index contributed by atoms with van der Waals surface area (Å²) >= 11 is 0. The van der Waals surface area contributed by atoms with Gasteiger partial charge < -0.3 is 25.4 Å². The highest BCUT2D eigenvalue weighted by Gasteiger charge is 2.30. The molecule has 0 aliphatic rings. The Hall–Kier alpha value is -3.50. The molecule has 3 amide bonds. The summed E-state index contributed by atoms with van der Waals surface area (Å²) in [6.45, 7) is 3.36. The first kappa shape index (κ1) is 27.5. The van der Waals surface area contributed by atoms with Crippen molar-refractivity contribution in [1.82, 2.24) is 16.0 Å². The minimum atomic E-state index is -1.43. The predicted molar refractivity (Wildman–Crippen MR) is 116 cm³/mol. The Morgan fingerprint density at radius 2 is 1.58 bits per heavy atom. The van der Waals surface area contributed by atoms with E-state index in [0.717, 1.165) is 12.7 Å². The van der Waals surface area contributed by atoms with Gasteiger partial charge in [-0.1, -0.05) is 44.2 Å². The second kappa shape index (κ2) is 13.8. The average molecular weight is 467 g/mol. The van der Waals surface area contributed by atoms with Crippen LogP contribution < -0.4 is 16.0 Å². The van der Waals surface area contributed by atoms with E-state index in [1.807, 2.05) is 6.07 Å². The van der Waals surface area contributed by atoms with Gasteiger partial charge in [-0.3, -0.25) is 19.2 Å². The Balaban J connectivity index is 2.68. The van der Waals surface area contributed by atoms with E-state index in [-0.39, 0.29) is 12.5 Å². The molecule has 0 radical (unpaired) electrons. The van der Waals surface area contributed by atoms with Crippen molar-refractivity contribution >= 4 is 29.7 Å². The number of amides is 3. The van der Waals surface area contributed by atoms with E-state index in [4.69, 9.17) is 4.74 Å². The highest BCUT2D eigenvalue weighted by Crippen LogP contribution is 2.06. The van der Waals surface area contributed by atoms with Gasteiger partial charge in [-0.15, -0.1) is 0 Å². The lowest BCUT2D eigenvalue weighted by Gasteiger charge is -2.24. The molecule has 33 heavy (non-hydrogen) atoms. The summed E-state index contributed by atoms with van der Waals surface area (Å²) in [4.78, 5) is 60.3. The van der Waals surface area contributed by atoms with Gasteiger partial charge in [-0.25, -0.2) is 9.18 Å². The van der Waals surface area contributed by atoms with Gasteiger partial charge in [-0.2, -0.15) is 0 Å². The third kappa shape index (κ3) is 9.67. The van der Waals surface area contributed by atoms with E-state index < -0.39 is 60.9 Å². The van der Waals surface area contributed by atoms with E-state index in [1.54, 1.807) is 38.1 Å². The number of carbonyl (C=O) groups excluding carboxylic acids is 5. The third-order valence-corrected chi connectivity index (χ3v) is 4.62. The van der Waals surface area contributed by atoms with E-state index >= 15 is 0 Å². The minimum absolute atomic E-state index is 0.0160. The van der Waals surface area contributed by atoms with Crippen LogP contribution in [0.3, 0.4) is 0 Å². The van der Waals surface area contributed by atoms with Crippen LogP contribution in [0.5, 0.6) is 0 Å². The van der Waals surface area contributed by atoms with Gasteiger partial charge in [0.25, 0.3) is 0 Å². The number of carbonyl (C=O) groups is 5. The number of nitrogens with one attached hydrogen (secondary N) is 3. The normalized spacial score (nSPS) is 13.3. The van der Waals surface area contributed by atoms with Gasteiger partial charge in [0.05, 0.1) is 13.5 Å². The summed E-state index contributed by atoms with van der Waals surface area (Å²) in [6, 6.07) is 5.39. The Kier molecular flexibility index (Phi) is 11.5. The van der Waals surface area contributed by atoms with Crippen molar-refractivity contribution in [3.63, 3.8) is 0 Å². The molecule has 3 N–H and O–H groups in total. The molecule has 0 aliphatic carbocycles. The fraction of sp³-hybridized carbons (Fsp3) is 0.500. The highest BCUT2D eigenvalue weighted by atomic mass is 19.1. The molecule has 1 aromatic rings. The average Bonchev–Trinajstić information content (AvgIpc) is 2.80. The zero-order valence-corrected chi connectivity index (χ0v) is 19.1. The van der Waals surface area contributed by atoms with Crippen LogP contribution in [0.25, 0.3) is 0 Å². The van der Waals surface area contributed by atoms with Crippen molar-refractivity contribution in [3.05, 3.63) is 35.9 Å². The largest absolute Gasteiger partial charge is 0.469 e. The first-order valence-corrected chi connectivity index (χ1v) is 10.3. The number of rotatable bonds is 12. The molecule has 0 fully saturated rings. The molecule has 0 heterocycles. The van der Waals surface area contributed by atoms with Crippen LogP contribution in [0.4, 0.5) is 9.18 Å². The van der Waals surface area contributed by atoms with Crippen LogP contribution in [0.1, 0.15) is 32.8 Å². The summed E-state index contributed by atoms with van der Waals surface area (Å²) in [6.07, 6.45) is -1.36. The molecule has 10 nitrogen and oxygen atoms in total. The molecular weight excluding hydrogens is 437 g/mol. The van der Waals surface area contributed by atoms with Crippen LogP contribution in [0, 0.1) is 5.92 Å². The lowest BCUT2D eigenvalue weighted by Crippen LogP contribution is -2.56. The molecule has 11 heteroatoms. The van der Waals surface area contributed by atoms with Crippen LogP contribution in [0.2, 0.25) is 0 Å². The maximum atomic E-state index is 12.8. The van der Waals surface area contributed by atoms with E-state index in [1.165, 1.54) is 6.92 Å². The number of halogens is 1. The quantitative estimate of drug-likeness (QED) is 0.390. The molecular formula is C22H30FN3O7. The molecule has 0 saturated carbocycles. The third-order valence-electron chi connectivity index (χ3n) is 4.62. The van der Waals surface area contributed by atoms with Crippen LogP contribution in [-0.4, -0.2) is 61.6 Å². The smallest absolute Gasteiger partial charge is 0.408 e. The maximum Gasteiger partial charge on any atom is 0.408 e. The molecule has 0 saturated heterocycles. The van der Waals surface area contributed by atoms with Crippen molar-refractivity contribution in [2.45, 2.75) is 51.9 Å². The summed E-state index contributed by atoms with van der Waals surface area (Å²) in [5.41, 5.74) is 0.771. The van der Waals surface area contributed by atoms with E-state index in [0.29, 0.717) is 0 Å². The molecule has 0 aliphatic heterocycles. The SMILES string of the molecule is COC(=O)C[C@H](NC(=O)[C@@H](C)NC(=O)[C@@H](NC(=O)OCc1ccccc1)C(C)C)C(=O)CF. The molecule has 3 atom stereocenters. The van der Waals surface area contributed by atoms with Gasteiger partial charge in [0, 0.05) is 0 Å². The molecule has 1 aromatic carbocycles. The topological polar surface area (TPSA) is 140 Å². The number of hydrogen-bond donors (Lipinski definition) is 3. The van der Waals surface area contributed by atoms with Crippen molar-refractivity contribution in [1.29, 1.82) is 0 Å². The highest BCUT2D eigenvalue weighted by molar-refractivity contribution is 5.96. The van der Waals surface area contributed by atoms with E-state index in [2.05, 4.69) is 20.7 Å². The molecule has 0 unspecified atom stereocenters. The van der Waals surface area contributed by atoms with Gasteiger partial charge in [-0.05, 0) is 18.4 Å². The van der Waals surface area contributed by atoms with Crippen molar-refractivity contribution in [2.24, 2.45) is 5.92 Å². The number of benzene rings is 1. The lowest BCUT2D eigenvalue weighted by molar-refractivity contribution is -0.143. The number of alkyl halides is 1. The molecule has 1 rings (SSSR count). The van der Waals surface area contributed by atoms with E-state index in [9.17, 15) is 28.4 Å². The standard InChI is InChI=1S/C22H30FN3O7/c1-13(2)19(26-22(31)33-12-15-8-6-5-7-9-15)21(30)24-14(3)20(29)25-16(17(27)11-23)10-18(28)32-4/h5-9,13-14,16,19H,10-12H2,1-4H3,(H,24,30)(H,25,29)(H,26,31)/t14-,16+,19+/m1/s1. The predicted octanol–water partition coefficient (Wildman–Crippen LogP) is 1.03. The Bertz CT molecular complexity index is 833. The molecule has 182 valence electrons. The van der Waals surface area contributed by atoms with Gasteiger partial charge >= 0.3 is 12.1 Å². The zero-order chi connectivity index (χ0) is 25.0. The number of alkyl carbamates (subject to hydrolysis) is 1. The summed E-state index contributed by atoms with van der Waals surface area (Å²) < 4.78 is 22.3. The second-order valence-corrected chi connectivity index (χ2v) is 7.60. The Morgan fingerprint density at radius 3 is 2.12 bits per heavy atom. The van der Waals surface area contributed by atoms with Crippen molar-refractivity contribution in [3.8, 4) is 0 Å². The first-order chi connectivity index (χ1) is 15.6. The van der Waals surface area contributed by atoms with Crippen molar-refractivity contribution < 1.29 is 37.8 Å². The fourth-order valence-corrected chi connectivity index (χ4v) is 2.68. The van der Waals surface area contributed by atoms with Gasteiger partial charge in [0.15, 0.2) is 5.78 Å². The van der Waals surface area contributed by atoms with Crippen LogP contribution >= 0.6 is 0 Å². The summed E-state index contributed by atoms with van der Waals surface area (Å²) in [5.74, 6) is -3.63. The maximum absolute atomic E-state index is 12.8. The van der Waals surface area contributed by atoms with Crippen molar-refractivity contribution in [2.75, 3.05) is 13.8 Å². The first-order valence-electron chi connectivity index (χ1n) is 10.3. The number of methoxy groups -OCH3 is 1. The zero-order valence-electron chi connectivity index (χ0n) is 19.1. The summed E-state index contributed by atoms with van der Waals surface area (Å²) in [7, 11) is 1.09. The number of ketones is 1. The number of ether oxygens (including phenoxy) is 2. The number of esters is 1. The Morgan fingerprint density at radius 1 is 0.939 bits per heavy atom. The van der Waals surface area contributed by atoms with Crippen LogP contribution in [-0.2, 0) is 35.3 Å². The minimum Gasteiger partial charge on any atom is -0.469 e. The Labute approximate surface area is 191 Å². The van der Waals surface area contributed by atoms with Crippen LogP contribution in [0.15, 0.2) is 30.3 Å². The monoisotopic (exact) mass is 467 g/mol. The van der Waals surface area contributed by atoms with Gasteiger partial charge in [0.2, 0.25) is 11.8 Å². The lowest BCUT2D eigenvalue weighted by atomic mass is 10.0. The second-order valence-electron chi connectivity index (χ2n) is 7.60. The molecule has 0 aromatic heterocycles. The fourth-order valence-electron chi connectivity index (χ4n) is 2.68. The number of hydrogen-bond acceptors (Lipinski definition) is 7. The molecule has 0 spiro atoms. The number of Topliss-reactive ketones (excluding diaryl/α,β-unsaturated/α-hetero) is 1. The summed E-state index contributed by atoms with van der Waals surface area (Å²) in [5, 5.41) is 7.12. The van der Waals surface area contributed by atoms with Gasteiger partial charge in [0.1, 0.15) is 31.4 Å².